The SMILES string of the molecule is CNC(CCS(C)(=O)=O)C1(C)CC1. The van der Waals surface area contributed by atoms with Gasteiger partial charge >= 0.3 is 0 Å². The van der Waals surface area contributed by atoms with Crippen LogP contribution < -0.4 is 5.32 Å². The Kier molecular flexibility index (Phi) is 3.02. The molecule has 1 unspecified atom stereocenters. The average Bonchev–Trinajstić information content (AvgIpc) is 2.67. The van der Waals surface area contributed by atoms with E-state index in [1.165, 1.54) is 19.1 Å². The Bertz CT molecular complexity index is 267. The molecule has 1 aliphatic rings. The van der Waals surface area contributed by atoms with E-state index in [2.05, 4.69) is 12.2 Å². The molecule has 0 radical (unpaired) electrons. The summed E-state index contributed by atoms with van der Waals surface area (Å²) in [6.45, 7) is 2.22. The third kappa shape index (κ3) is 3.27. The number of rotatable bonds is 5. The second kappa shape index (κ2) is 3.58. The zero-order chi connectivity index (χ0) is 10.1. The first-order valence-corrected chi connectivity index (χ1v) is 6.78. The molecule has 0 saturated heterocycles. The highest BCUT2D eigenvalue weighted by Crippen LogP contribution is 2.48. The van der Waals surface area contributed by atoms with Crippen molar-refractivity contribution < 1.29 is 8.42 Å². The van der Waals surface area contributed by atoms with E-state index < -0.39 is 9.84 Å². The van der Waals surface area contributed by atoms with Gasteiger partial charge in [-0.1, -0.05) is 6.92 Å². The zero-order valence-corrected chi connectivity index (χ0v) is 9.45. The lowest BCUT2D eigenvalue weighted by Crippen LogP contribution is -2.35. The maximum absolute atomic E-state index is 11.0. The molecule has 0 aromatic carbocycles. The minimum atomic E-state index is -2.80. The fraction of sp³-hybridized carbons (Fsp3) is 1.00. The number of sulfone groups is 1. The van der Waals surface area contributed by atoms with Crippen LogP contribution in [-0.2, 0) is 9.84 Å². The minimum absolute atomic E-state index is 0.300. The summed E-state index contributed by atoms with van der Waals surface area (Å²) in [7, 11) is -0.889. The Hall–Kier alpha value is -0.0900. The van der Waals surface area contributed by atoms with Crippen molar-refractivity contribution in [1.82, 2.24) is 5.32 Å². The van der Waals surface area contributed by atoms with Crippen LogP contribution in [-0.4, -0.2) is 33.5 Å². The Morgan fingerprint density at radius 2 is 2.00 bits per heavy atom. The van der Waals surface area contributed by atoms with Crippen molar-refractivity contribution in [1.29, 1.82) is 0 Å². The van der Waals surface area contributed by atoms with Gasteiger partial charge in [0.15, 0.2) is 0 Å². The molecule has 0 aromatic rings. The molecular formula is C9H19NO2S. The van der Waals surface area contributed by atoms with Crippen LogP contribution in [0.5, 0.6) is 0 Å². The van der Waals surface area contributed by atoms with Gasteiger partial charge < -0.3 is 5.32 Å². The van der Waals surface area contributed by atoms with Crippen molar-refractivity contribution in [2.45, 2.75) is 32.2 Å². The molecule has 3 nitrogen and oxygen atoms in total. The second-order valence-electron chi connectivity index (χ2n) is 4.41. The topological polar surface area (TPSA) is 46.2 Å². The van der Waals surface area contributed by atoms with Crippen molar-refractivity contribution in [2.24, 2.45) is 5.41 Å². The maximum atomic E-state index is 11.0. The molecule has 0 aliphatic heterocycles. The maximum Gasteiger partial charge on any atom is 0.147 e. The second-order valence-corrected chi connectivity index (χ2v) is 6.67. The Balaban J connectivity index is 2.42. The van der Waals surface area contributed by atoms with Gasteiger partial charge in [-0.3, -0.25) is 0 Å². The number of hydrogen-bond acceptors (Lipinski definition) is 3. The van der Waals surface area contributed by atoms with Crippen LogP contribution in [0.25, 0.3) is 0 Å². The Labute approximate surface area is 80.8 Å². The molecule has 0 amide bonds. The molecule has 1 atom stereocenters. The van der Waals surface area contributed by atoms with Gasteiger partial charge in [0, 0.05) is 12.3 Å². The van der Waals surface area contributed by atoms with E-state index >= 15 is 0 Å². The summed E-state index contributed by atoms with van der Waals surface area (Å²) in [5.74, 6) is 0.300. The Morgan fingerprint density at radius 1 is 1.46 bits per heavy atom. The molecule has 78 valence electrons. The van der Waals surface area contributed by atoms with E-state index in [1.54, 1.807) is 0 Å². The van der Waals surface area contributed by atoms with Gasteiger partial charge in [0.05, 0.1) is 5.75 Å². The van der Waals surface area contributed by atoms with Gasteiger partial charge in [-0.2, -0.15) is 0 Å². The van der Waals surface area contributed by atoms with Gasteiger partial charge in [0.25, 0.3) is 0 Å². The summed E-state index contributed by atoms with van der Waals surface area (Å²) in [6, 6.07) is 0.363. The number of hydrogen-bond donors (Lipinski definition) is 1. The molecule has 0 heterocycles. The van der Waals surface area contributed by atoms with Gasteiger partial charge in [0.1, 0.15) is 9.84 Å². The fourth-order valence-electron chi connectivity index (χ4n) is 1.72. The molecule has 1 N–H and O–H groups in total. The van der Waals surface area contributed by atoms with E-state index in [9.17, 15) is 8.42 Å². The number of nitrogens with one attached hydrogen (secondary N) is 1. The standard InChI is InChI=1S/C9H19NO2S/c1-9(5-6-9)8(10-2)4-7-13(3,11)12/h8,10H,4-7H2,1-3H3. The fourth-order valence-corrected chi connectivity index (χ4v) is 2.38. The molecule has 1 rings (SSSR count). The lowest BCUT2D eigenvalue weighted by Gasteiger charge is -2.22. The summed E-state index contributed by atoms with van der Waals surface area (Å²) in [5.41, 5.74) is 0.361. The van der Waals surface area contributed by atoms with Crippen molar-refractivity contribution in [3.05, 3.63) is 0 Å². The normalized spacial score (nSPS) is 22.7. The van der Waals surface area contributed by atoms with E-state index in [-0.39, 0.29) is 0 Å². The van der Waals surface area contributed by atoms with E-state index in [0.29, 0.717) is 17.2 Å². The van der Waals surface area contributed by atoms with Crippen LogP contribution in [0.4, 0.5) is 0 Å². The average molecular weight is 205 g/mol. The molecule has 0 spiro atoms. The molecule has 1 saturated carbocycles. The van der Waals surface area contributed by atoms with Crippen molar-refractivity contribution in [3.63, 3.8) is 0 Å². The first-order chi connectivity index (χ1) is 5.87. The molecular weight excluding hydrogens is 186 g/mol. The summed E-state index contributed by atoms with van der Waals surface area (Å²) in [4.78, 5) is 0. The Morgan fingerprint density at radius 3 is 2.31 bits per heavy atom. The van der Waals surface area contributed by atoms with Crippen LogP contribution in [0.15, 0.2) is 0 Å². The molecule has 0 bridgehead atoms. The monoisotopic (exact) mass is 205 g/mol. The van der Waals surface area contributed by atoms with E-state index in [4.69, 9.17) is 0 Å². The van der Waals surface area contributed by atoms with Crippen molar-refractivity contribution in [2.75, 3.05) is 19.1 Å². The molecule has 4 heteroatoms. The lowest BCUT2D eigenvalue weighted by molar-refractivity contribution is 0.369. The molecule has 13 heavy (non-hydrogen) atoms. The van der Waals surface area contributed by atoms with Crippen molar-refractivity contribution >= 4 is 9.84 Å². The highest BCUT2D eigenvalue weighted by molar-refractivity contribution is 7.90. The first-order valence-electron chi connectivity index (χ1n) is 4.72. The third-order valence-corrected chi connectivity index (χ3v) is 3.98. The largest absolute Gasteiger partial charge is 0.316 e. The highest BCUT2D eigenvalue weighted by Gasteiger charge is 2.43. The van der Waals surface area contributed by atoms with Crippen LogP contribution in [0.3, 0.4) is 0 Å². The predicted octanol–water partition coefficient (Wildman–Crippen LogP) is 0.809. The zero-order valence-electron chi connectivity index (χ0n) is 8.63. The summed E-state index contributed by atoms with van der Waals surface area (Å²) in [5, 5.41) is 3.21. The van der Waals surface area contributed by atoms with Crippen LogP contribution in [0, 0.1) is 5.41 Å². The summed E-state index contributed by atoms with van der Waals surface area (Å²) in [6.07, 6.45) is 4.49. The van der Waals surface area contributed by atoms with Crippen LogP contribution in [0.1, 0.15) is 26.2 Å². The van der Waals surface area contributed by atoms with E-state index in [1.807, 2.05) is 7.05 Å². The lowest BCUT2D eigenvalue weighted by atomic mass is 9.97. The quantitative estimate of drug-likeness (QED) is 0.722. The molecule has 0 aromatic heterocycles. The smallest absolute Gasteiger partial charge is 0.147 e. The first kappa shape index (κ1) is 11.0. The van der Waals surface area contributed by atoms with Crippen molar-refractivity contribution in [3.8, 4) is 0 Å². The van der Waals surface area contributed by atoms with Gasteiger partial charge in [-0.25, -0.2) is 8.42 Å². The van der Waals surface area contributed by atoms with Crippen LogP contribution in [0.2, 0.25) is 0 Å². The summed E-state index contributed by atoms with van der Waals surface area (Å²) >= 11 is 0. The molecule has 1 fully saturated rings. The minimum Gasteiger partial charge on any atom is -0.316 e. The van der Waals surface area contributed by atoms with E-state index in [0.717, 1.165) is 6.42 Å². The van der Waals surface area contributed by atoms with Gasteiger partial charge in [0.2, 0.25) is 0 Å². The van der Waals surface area contributed by atoms with Gasteiger partial charge in [-0.15, -0.1) is 0 Å². The summed E-state index contributed by atoms with van der Waals surface area (Å²) < 4.78 is 21.9. The van der Waals surface area contributed by atoms with Gasteiger partial charge in [-0.05, 0) is 31.7 Å². The third-order valence-electron chi connectivity index (χ3n) is 3.01. The highest BCUT2D eigenvalue weighted by atomic mass is 32.2. The molecule has 1 aliphatic carbocycles. The predicted molar refractivity (Wildman–Crippen MR) is 54.5 cm³/mol. The van der Waals surface area contributed by atoms with Crippen LogP contribution >= 0.6 is 0 Å².